The minimum absolute atomic E-state index is 0.0340. The van der Waals surface area contributed by atoms with Gasteiger partial charge in [0, 0.05) is 46.9 Å². The molecule has 3 aromatic carbocycles. The lowest BCUT2D eigenvalue weighted by Crippen LogP contribution is -2.68. The summed E-state index contributed by atoms with van der Waals surface area (Å²) in [5, 5.41) is 25.2. The van der Waals surface area contributed by atoms with Gasteiger partial charge in [-0.2, -0.15) is 5.26 Å². The molecule has 1 fully saturated rings. The molecule has 4 heterocycles. The Morgan fingerprint density at radius 3 is 2.53 bits per heavy atom. The molecule has 2 bridgehead atoms. The van der Waals surface area contributed by atoms with Crippen LogP contribution in [-0.4, -0.2) is 72.7 Å². The number of carbonyl (C=O) groups is 2. The van der Waals surface area contributed by atoms with E-state index in [1.54, 1.807) is 24.3 Å². The Morgan fingerprint density at radius 1 is 1.09 bits per heavy atom. The Kier molecular flexibility index (Phi) is 7.61. The first-order valence-electron chi connectivity index (χ1n) is 15.5. The van der Waals surface area contributed by atoms with E-state index < -0.39 is 30.2 Å². The number of nitrogens with one attached hydrogen (secondary N) is 1. The van der Waals surface area contributed by atoms with Gasteiger partial charge in [-0.05, 0) is 57.0 Å². The number of hydrogen-bond acceptors (Lipinski definition) is 11. The number of benzene rings is 3. The topological polar surface area (TPSA) is 143 Å². The van der Waals surface area contributed by atoms with Crippen LogP contribution in [0.4, 0.5) is 10.5 Å². The molecule has 0 saturated carbocycles. The van der Waals surface area contributed by atoms with Crippen molar-refractivity contribution >= 4 is 17.7 Å². The van der Waals surface area contributed by atoms with Crippen LogP contribution in [-0.2, 0) is 22.4 Å². The van der Waals surface area contributed by atoms with Gasteiger partial charge in [0.2, 0.25) is 6.79 Å². The van der Waals surface area contributed by atoms with E-state index in [9.17, 15) is 20.0 Å². The van der Waals surface area contributed by atoms with E-state index in [1.807, 2.05) is 33.0 Å². The van der Waals surface area contributed by atoms with Gasteiger partial charge in [0.15, 0.2) is 23.0 Å². The lowest BCUT2D eigenvalue weighted by Gasteiger charge is -2.59. The van der Waals surface area contributed by atoms with E-state index in [4.69, 9.17) is 23.7 Å². The van der Waals surface area contributed by atoms with E-state index in [-0.39, 0.29) is 31.2 Å². The lowest BCUT2D eigenvalue weighted by atomic mass is 9.71. The first-order valence-corrected chi connectivity index (χ1v) is 15.5. The number of rotatable bonds is 5. The molecule has 244 valence electrons. The smallest absolute Gasteiger partial charge is 0.411 e. The minimum atomic E-state index is -0.685. The molecule has 0 aromatic heterocycles. The van der Waals surface area contributed by atoms with Crippen molar-refractivity contribution in [1.82, 2.24) is 9.80 Å². The maximum Gasteiger partial charge on any atom is 0.411 e. The number of anilines is 1. The Hall–Kier alpha value is -4.99. The summed E-state index contributed by atoms with van der Waals surface area (Å²) in [6.07, 6.45) is 0.200. The van der Waals surface area contributed by atoms with Gasteiger partial charge >= 0.3 is 12.1 Å². The molecule has 1 saturated heterocycles. The summed E-state index contributed by atoms with van der Waals surface area (Å²) in [6.45, 7) is 4.87. The van der Waals surface area contributed by atoms with Crippen molar-refractivity contribution in [2.24, 2.45) is 0 Å². The number of esters is 1. The molecule has 4 aliphatic heterocycles. The molecular formula is C35H36N4O8. The lowest BCUT2D eigenvalue weighted by molar-refractivity contribution is -0.132. The molecule has 1 amide bonds. The second-order valence-corrected chi connectivity index (χ2v) is 12.4. The van der Waals surface area contributed by atoms with Gasteiger partial charge in [-0.3, -0.25) is 19.9 Å². The van der Waals surface area contributed by atoms with E-state index in [0.29, 0.717) is 58.2 Å². The predicted molar refractivity (Wildman–Crippen MR) is 169 cm³/mol. The molecule has 2 N–H and O–H groups in total. The number of nitrogens with zero attached hydrogens (tertiary/aromatic N) is 3. The number of aromatic hydroxyl groups is 1. The Balaban J connectivity index is 1.41. The molecule has 0 radical (unpaired) electrons. The Labute approximate surface area is 272 Å². The van der Waals surface area contributed by atoms with Gasteiger partial charge in [0.1, 0.15) is 18.4 Å². The summed E-state index contributed by atoms with van der Waals surface area (Å²) >= 11 is 0. The number of aryl methyl sites for hydroxylation is 1. The quantitative estimate of drug-likeness (QED) is 0.296. The Morgan fingerprint density at radius 2 is 1.83 bits per heavy atom. The zero-order chi connectivity index (χ0) is 33.1. The summed E-state index contributed by atoms with van der Waals surface area (Å²) in [7, 11) is 3.50. The highest BCUT2D eigenvalue weighted by atomic mass is 16.7. The van der Waals surface area contributed by atoms with Crippen molar-refractivity contribution in [3.63, 3.8) is 0 Å². The maximum absolute atomic E-state index is 13.1. The second kappa shape index (κ2) is 11.7. The third-order valence-corrected chi connectivity index (χ3v) is 9.90. The molecule has 12 nitrogen and oxygen atoms in total. The molecule has 0 spiro atoms. The molecular weight excluding hydrogens is 604 g/mol. The van der Waals surface area contributed by atoms with Crippen LogP contribution >= 0.6 is 0 Å². The number of nitriles is 1. The molecule has 47 heavy (non-hydrogen) atoms. The number of methoxy groups -OCH3 is 1. The summed E-state index contributed by atoms with van der Waals surface area (Å²) in [5.74, 6) is 1.25. The molecule has 12 heteroatoms. The van der Waals surface area contributed by atoms with Crippen LogP contribution in [0.15, 0.2) is 36.4 Å². The van der Waals surface area contributed by atoms with Crippen molar-refractivity contribution in [3.8, 4) is 34.8 Å². The maximum atomic E-state index is 13.1. The van der Waals surface area contributed by atoms with Gasteiger partial charge in [0.05, 0.1) is 25.3 Å². The van der Waals surface area contributed by atoms with Crippen LogP contribution < -0.4 is 24.3 Å². The Bertz CT molecular complexity index is 1820. The van der Waals surface area contributed by atoms with Crippen molar-refractivity contribution in [1.29, 1.82) is 5.26 Å². The normalized spacial score (nSPS) is 23.9. The number of ether oxygens (including phenoxy) is 5. The summed E-state index contributed by atoms with van der Waals surface area (Å²) in [4.78, 5) is 29.8. The zero-order valence-electron chi connectivity index (χ0n) is 26.8. The average Bonchev–Trinajstić information content (AvgIpc) is 3.53. The van der Waals surface area contributed by atoms with E-state index in [0.717, 1.165) is 16.7 Å². The fourth-order valence-electron chi connectivity index (χ4n) is 8.10. The standard InChI is InChI=1S/C35H36N4O8/c1-17-11-20-12-23-25(14-36)39-24(29(38(23)4)27(20)30(41)31(17)43-5)13-22-28(26(39)15-44-35(42)37-21-9-7-6-8-10-21)34-33(45-16-46-34)18(2)32(22)47-19(3)40/h6-11,23-26,29,41H,12-13,15-16H2,1-5H3,(H,37,42)/t23?,24-,25-,26-,29-/m0/s1. The number of para-hydroxylation sites is 1. The number of piperazine rings is 1. The van der Waals surface area contributed by atoms with Crippen LogP contribution in [0.25, 0.3) is 0 Å². The summed E-state index contributed by atoms with van der Waals surface area (Å²) in [5.41, 5.74) is 5.04. The van der Waals surface area contributed by atoms with Crippen molar-refractivity contribution < 1.29 is 38.4 Å². The van der Waals surface area contributed by atoms with E-state index in [2.05, 4.69) is 21.2 Å². The predicted octanol–water partition coefficient (Wildman–Crippen LogP) is 4.69. The number of likely N-dealkylation sites (N-methyl/N-ethyl adjacent to an activating group) is 1. The van der Waals surface area contributed by atoms with Crippen LogP contribution in [0.1, 0.15) is 52.4 Å². The SMILES string of the molecule is COc1c(C)cc2c(c1O)[C@@H]1[C@@H]3Cc4c(OC(C)=O)c(C)c5c(c4[C@H](COC(=O)Nc4ccccc4)N3[C@@H](C#N)C(C2)N1C)OCO5. The number of amides is 1. The highest BCUT2D eigenvalue weighted by Crippen LogP contribution is 2.58. The summed E-state index contributed by atoms with van der Waals surface area (Å²) < 4.78 is 29.3. The van der Waals surface area contributed by atoms with Crippen LogP contribution in [0.3, 0.4) is 0 Å². The van der Waals surface area contributed by atoms with Gasteiger partial charge in [-0.1, -0.05) is 24.3 Å². The molecule has 7 rings (SSSR count). The monoisotopic (exact) mass is 640 g/mol. The van der Waals surface area contributed by atoms with Crippen LogP contribution in [0.2, 0.25) is 0 Å². The van der Waals surface area contributed by atoms with Gasteiger partial charge in [0.25, 0.3) is 0 Å². The number of fused-ring (bicyclic) bond motifs is 9. The molecule has 5 atom stereocenters. The van der Waals surface area contributed by atoms with Gasteiger partial charge in [-0.25, -0.2) is 4.79 Å². The largest absolute Gasteiger partial charge is 0.504 e. The van der Waals surface area contributed by atoms with Crippen LogP contribution in [0, 0.1) is 25.2 Å². The molecule has 0 aliphatic carbocycles. The van der Waals surface area contributed by atoms with Crippen molar-refractivity contribution in [2.45, 2.75) is 63.8 Å². The highest BCUT2D eigenvalue weighted by Gasteiger charge is 2.57. The average molecular weight is 641 g/mol. The van der Waals surface area contributed by atoms with Crippen molar-refractivity contribution in [3.05, 3.63) is 69.8 Å². The number of carbonyl (C=O) groups excluding carboxylic acids is 2. The van der Waals surface area contributed by atoms with E-state index >= 15 is 0 Å². The minimum Gasteiger partial charge on any atom is -0.504 e. The molecule has 4 aliphatic rings. The summed E-state index contributed by atoms with van der Waals surface area (Å²) in [6, 6.07) is 11.2. The number of phenolic OH excluding ortho intramolecular Hbond substituents is 1. The molecule has 1 unspecified atom stereocenters. The third kappa shape index (κ3) is 4.80. The fraction of sp³-hybridized carbons (Fsp3) is 0.400. The van der Waals surface area contributed by atoms with Crippen molar-refractivity contribution in [2.75, 3.05) is 32.9 Å². The fourth-order valence-corrected chi connectivity index (χ4v) is 8.10. The highest BCUT2D eigenvalue weighted by molar-refractivity contribution is 5.84. The number of hydrogen-bond donors (Lipinski definition) is 2. The van der Waals surface area contributed by atoms with Crippen LogP contribution in [0.5, 0.6) is 28.7 Å². The molecule has 3 aromatic rings. The first kappa shape index (κ1) is 30.7. The second-order valence-electron chi connectivity index (χ2n) is 12.4. The van der Waals surface area contributed by atoms with E-state index in [1.165, 1.54) is 14.0 Å². The number of phenols is 1. The van der Waals surface area contributed by atoms with Gasteiger partial charge < -0.3 is 28.8 Å². The van der Waals surface area contributed by atoms with Gasteiger partial charge in [-0.15, -0.1) is 0 Å². The zero-order valence-corrected chi connectivity index (χ0v) is 26.8. The third-order valence-electron chi connectivity index (χ3n) is 9.90. The first-order chi connectivity index (χ1) is 22.6.